The van der Waals surface area contributed by atoms with Crippen LogP contribution in [0.2, 0.25) is 0 Å². The lowest BCUT2D eigenvalue weighted by atomic mass is 10.3. The predicted octanol–water partition coefficient (Wildman–Crippen LogP) is 2.80. The molecule has 0 saturated carbocycles. The van der Waals surface area contributed by atoms with Gasteiger partial charge in [0, 0.05) is 21.6 Å². The number of alkyl halides is 3. The highest BCUT2D eigenvalue weighted by Crippen LogP contribution is 2.31. The maximum atomic E-state index is 11.9. The first-order chi connectivity index (χ1) is 7.09. The second-order valence-electron chi connectivity index (χ2n) is 2.62. The standard InChI is InChI=1S/C7H4ClF3O3S2/c8-16(12,13)4-1-2-6(15)5(3-4)14-7(9,10)11/h1-3,15H. The van der Waals surface area contributed by atoms with E-state index in [-0.39, 0.29) is 4.90 Å². The predicted molar refractivity (Wildman–Crippen MR) is 53.4 cm³/mol. The molecule has 0 bridgehead atoms. The summed E-state index contributed by atoms with van der Waals surface area (Å²) >= 11 is 3.69. The SMILES string of the molecule is O=S(=O)(Cl)c1ccc(S)c(OC(F)(F)F)c1. The lowest BCUT2D eigenvalue weighted by molar-refractivity contribution is -0.275. The quantitative estimate of drug-likeness (QED) is 0.673. The van der Waals surface area contributed by atoms with Crippen LogP contribution in [-0.2, 0) is 9.05 Å². The zero-order valence-electron chi connectivity index (χ0n) is 7.32. The summed E-state index contributed by atoms with van der Waals surface area (Å²) < 4.78 is 61.0. The molecule has 0 spiro atoms. The number of hydrogen-bond donors (Lipinski definition) is 1. The van der Waals surface area contributed by atoms with Gasteiger partial charge >= 0.3 is 6.36 Å². The fraction of sp³-hybridized carbons (Fsp3) is 0.143. The summed E-state index contributed by atoms with van der Waals surface area (Å²) in [7, 11) is 0.858. The van der Waals surface area contributed by atoms with Crippen molar-refractivity contribution in [3.8, 4) is 5.75 Å². The van der Waals surface area contributed by atoms with Gasteiger partial charge < -0.3 is 4.74 Å². The zero-order valence-corrected chi connectivity index (χ0v) is 9.79. The van der Waals surface area contributed by atoms with Gasteiger partial charge in [-0.25, -0.2) is 8.42 Å². The van der Waals surface area contributed by atoms with Crippen LogP contribution in [0.4, 0.5) is 13.2 Å². The van der Waals surface area contributed by atoms with Crippen LogP contribution in [0, 0.1) is 0 Å². The lowest BCUT2D eigenvalue weighted by Crippen LogP contribution is -2.17. The molecule has 1 aromatic carbocycles. The van der Waals surface area contributed by atoms with E-state index in [1.165, 1.54) is 0 Å². The smallest absolute Gasteiger partial charge is 0.405 e. The molecular formula is C7H4ClF3O3S2. The maximum Gasteiger partial charge on any atom is 0.573 e. The van der Waals surface area contributed by atoms with Gasteiger partial charge in [-0.2, -0.15) is 0 Å². The summed E-state index contributed by atoms with van der Waals surface area (Å²) in [5, 5.41) is 0. The van der Waals surface area contributed by atoms with Gasteiger partial charge in [0.1, 0.15) is 5.75 Å². The molecule has 3 nitrogen and oxygen atoms in total. The normalized spacial score (nSPS) is 12.6. The van der Waals surface area contributed by atoms with Crippen molar-refractivity contribution in [2.75, 3.05) is 0 Å². The zero-order chi connectivity index (χ0) is 12.6. The minimum Gasteiger partial charge on any atom is -0.405 e. The van der Waals surface area contributed by atoms with Crippen LogP contribution >= 0.6 is 23.3 Å². The van der Waals surface area contributed by atoms with Crippen LogP contribution in [0.3, 0.4) is 0 Å². The third-order valence-corrected chi connectivity index (χ3v) is 3.16. The van der Waals surface area contributed by atoms with E-state index in [0.717, 1.165) is 12.1 Å². The Morgan fingerprint density at radius 3 is 2.31 bits per heavy atom. The lowest BCUT2D eigenvalue weighted by Gasteiger charge is -2.11. The number of thiol groups is 1. The van der Waals surface area contributed by atoms with Crippen molar-refractivity contribution < 1.29 is 26.3 Å². The third kappa shape index (κ3) is 3.76. The molecule has 90 valence electrons. The summed E-state index contributed by atoms with van der Waals surface area (Å²) in [5.41, 5.74) is 0. The Morgan fingerprint density at radius 2 is 1.88 bits per heavy atom. The van der Waals surface area contributed by atoms with Gasteiger partial charge in [-0.3, -0.25) is 0 Å². The van der Waals surface area contributed by atoms with Crippen LogP contribution in [0.1, 0.15) is 0 Å². The van der Waals surface area contributed by atoms with Crippen molar-refractivity contribution in [3.63, 3.8) is 0 Å². The third-order valence-electron chi connectivity index (χ3n) is 1.44. The Bertz CT molecular complexity index is 498. The Hall–Kier alpha value is -0.600. The average molecular weight is 293 g/mol. The van der Waals surface area contributed by atoms with Crippen molar-refractivity contribution in [2.24, 2.45) is 0 Å². The molecule has 0 fully saturated rings. The summed E-state index contributed by atoms with van der Waals surface area (Å²) in [6.45, 7) is 0. The number of rotatable bonds is 2. The van der Waals surface area contributed by atoms with Crippen molar-refractivity contribution >= 4 is 32.4 Å². The highest BCUT2D eigenvalue weighted by Gasteiger charge is 2.32. The van der Waals surface area contributed by atoms with E-state index in [4.69, 9.17) is 10.7 Å². The van der Waals surface area contributed by atoms with Crippen LogP contribution in [-0.4, -0.2) is 14.8 Å². The highest BCUT2D eigenvalue weighted by molar-refractivity contribution is 8.13. The van der Waals surface area contributed by atoms with Crippen molar-refractivity contribution in [3.05, 3.63) is 18.2 Å². The fourth-order valence-corrected chi connectivity index (χ4v) is 1.80. The molecule has 0 atom stereocenters. The molecule has 0 saturated heterocycles. The van der Waals surface area contributed by atoms with Gasteiger partial charge in [0.2, 0.25) is 0 Å². The van der Waals surface area contributed by atoms with Crippen LogP contribution in [0.25, 0.3) is 0 Å². The molecule has 0 unspecified atom stereocenters. The first kappa shape index (κ1) is 13.5. The molecule has 0 heterocycles. The van der Waals surface area contributed by atoms with Gasteiger partial charge in [0.25, 0.3) is 9.05 Å². The Balaban J connectivity index is 3.20. The van der Waals surface area contributed by atoms with Crippen LogP contribution in [0.5, 0.6) is 5.75 Å². The molecule has 0 radical (unpaired) electrons. The van der Waals surface area contributed by atoms with Crippen LogP contribution in [0.15, 0.2) is 28.0 Å². The van der Waals surface area contributed by atoms with Crippen molar-refractivity contribution in [1.29, 1.82) is 0 Å². The largest absolute Gasteiger partial charge is 0.573 e. The van der Waals surface area contributed by atoms with E-state index in [1.54, 1.807) is 0 Å². The van der Waals surface area contributed by atoms with E-state index >= 15 is 0 Å². The summed E-state index contributed by atoms with van der Waals surface area (Å²) in [4.78, 5) is -0.646. The number of halogens is 4. The molecule has 0 amide bonds. The number of hydrogen-bond acceptors (Lipinski definition) is 4. The molecule has 0 aromatic heterocycles. The number of ether oxygens (including phenoxy) is 1. The topological polar surface area (TPSA) is 43.4 Å². The molecule has 1 aromatic rings. The van der Waals surface area contributed by atoms with E-state index in [2.05, 4.69) is 17.4 Å². The fourth-order valence-electron chi connectivity index (χ4n) is 0.853. The van der Waals surface area contributed by atoms with Gasteiger partial charge in [-0.1, -0.05) is 0 Å². The van der Waals surface area contributed by atoms with Gasteiger partial charge in [-0.15, -0.1) is 25.8 Å². The molecule has 16 heavy (non-hydrogen) atoms. The molecular weight excluding hydrogens is 289 g/mol. The second kappa shape index (κ2) is 4.34. The van der Waals surface area contributed by atoms with Gasteiger partial charge in [0.05, 0.1) is 4.90 Å². The second-order valence-corrected chi connectivity index (χ2v) is 5.66. The summed E-state index contributed by atoms with van der Waals surface area (Å²) in [5.74, 6) is -0.724. The van der Waals surface area contributed by atoms with Gasteiger partial charge in [0.15, 0.2) is 0 Å². The van der Waals surface area contributed by atoms with E-state index in [9.17, 15) is 21.6 Å². The van der Waals surface area contributed by atoms with E-state index in [1.807, 2.05) is 0 Å². The van der Waals surface area contributed by atoms with Crippen molar-refractivity contribution in [2.45, 2.75) is 16.2 Å². The Labute approximate surface area is 99.0 Å². The van der Waals surface area contributed by atoms with Gasteiger partial charge in [-0.05, 0) is 12.1 Å². The molecule has 0 aliphatic rings. The van der Waals surface area contributed by atoms with Crippen molar-refractivity contribution in [1.82, 2.24) is 0 Å². The minimum atomic E-state index is -4.92. The average Bonchev–Trinajstić information content (AvgIpc) is 2.04. The first-order valence-corrected chi connectivity index (χ1v) is 6.39. The summed E-state index contributed by atoms with van der Waals surface area (Å²) in [6, 6.07) is 2.71. The molecule has 0 aliphatic carbocycles. The minimum absolute atomic E-state index is 0.151. The highest BCUT2D eigenvalue weighted by atomic mass is 35.7. The number of benzene rings is 1. The molecule has 0 N–H and O–H groups in total. The molecule has 1 rings (SSSR count). The summed E-state index contributed by atoms with van der Waals surface area (Å²) in [6.07, 6.45) is -4.92. The first-order valence-electron chi connectivity index (χ1n) is 3.63. The molecule has 9 heteroatoms. The Kier molecular flexibility index (Phi) is 3.65. The van der Waals surface area contributed by atoms with E-state index in [0.29, 0.717) is 6.07 Å². The molecule has 0 aliphatic heterocycles. The Morgan fingerprint density at radius 1 is 1.31 bits per heavy atom. The monoisotopic (exact) mass is 292 g/mol. The van der Waals surface area contributed by atoms with Crippen LogP contribution < -0.4 is 4.74 Å². The van der Waals surface area contributed by atoms with E-state index < -0.39 is 26.1 Å². The maximum absolute atomic E-state index is 11.9.